The van der Waals surface area contributed by atoms with E-state index in [0.29, 0.717) is 64.7 Å². The van der Waals surface area contributed by atoms with Gasteiger partial charge in [-0.25, -0.2) is 0 Å². The lowest BCUT2D eigenvalue weighted by molar-refractivity contribution is -0.167. The van der Waals surface area contributed by atoms with Crippen molar-refractivity contribution in [1.82, 2.24) is 15.1 Å². The van der Waals surface area contributed by atoms with Crippen molar-refractivity contribution in [3.05, 3.63) is 60.2 Å². The highest BCUT2D eigenvalue weighted by atomic mass is 16.6. The third kappa shape index (κ3) is 78.5. The molecule has 16 nitrogen and oxygen atoms in total. The molecule has 0 bridgehead atoms. The summed E-state index contributed by atoms with van der Waals surface area (Å²) in [6.45, 7) is 11.8. The molecule has 674 valence electrons. The number of nitrogens with one attached hydrogen (secondary N) is 1. The van der Waals surface area contributed by atoms with Crippen LogP contribution in [0.15, 0.2) is 54.6 Å². The number of carbonyl (C=O) groups excluding carboxylic acids is 10. The molecule has 1 unspecified atom stereocenters. The summed E-state index contributed by atoms with van der Waals surface area (Å²) in [5.74, 6) is -1.44. The van der Waals surface area contributed by atoms with E-state index < -0.39 is 12.1 Å². The second kappa shape index (κ2) is 89.5. The van der Waals surface area contributed by atoms with Gasteiger partial charge in [-0.3, -0.25) is 33.6 Å². The third-order valence-electron chi connectivity index (χ3n) is 22.4. The lowest BCUT2D eigenvalue weighted by Crippen LogP contribution is -2.50. The number of esters is 3. The Morgan fingerprint density at radius 1 is 0.333 bits per heavy atom. The summed E-state index contributed by atoms with van der Waals surface area (Å²) in [6.07, 6.45) is 85.8. The summed E-state index contributed by atoms with van der Waals surface area (Å²) in [4.78, 5) is 121. The molecule has 0 aliphatic carbocycles. The molecule has 16 heteroatoms. The number of hydrogen-bond donors (Lipinski definition) is 1. The summed E-state index contributed by atoms with van der Waals surface area (Å²) < 4.78 is 16.1. The first-order chi connectivity index (χ1) is 57.4. The zero-order valence-corrected chi connectivity index (χ0v) is 75.8. The maximum Gasteiger partial charge on any atom is 0.306 e. The number of Topliss-reactive ketones (excluding diaryl/α,β-unsaturated/α-hetero) is 1. The Bertz CT molecular complexity index is 2480. The summed E-state index contributed by atoms with van der Waals surface area (Å²) in [5.41, 5.74) is 1.06. The minimum Gasteiger partial charge on any atom is -0.462 e. The van der Waals surface area contributed by atoms with Crippen LogP contribution in [-0.2, 0) is 68.6 Å². The number of ether oxygens (including phenoxy) is 3. The van der Waals surface area contributed by atoms with Crippen molar-refractivity contribution in [1.29, 1.82) is 0 Å². The second-order valence-corrected chi connectivity index (χ2v) is 33.4. The number of nitrogens with zero attached hydrogens (tertiary/aromatic N) is 2. The standard InChI is InChI=1S/C43H76O7.C32H53NO3.C26H48N2O3/c1-3-5-7-9-11-13-15-17-19-21-23-25-27-29-31-34-41(45)48-38-40(50-43(47)36-33-37-44)39-49-42(46)35-32-30-28-26-24-22-20-18-16-14-12-10-8-6-4-2;1-2-3-4-5-6-7-8-9-10-11-12-13-14-15-16-20-25-33-32(36)30(28-31(35)24-21-26-34)27-29-22-18-17-19-23-29;1-2-3-4-5-6-7-8-9-10-11-12-13-14-15-16-18-25(30)27-20-22-28(23-21-27)26(31)19-17-24-29/h17-20,37,40H,3-16,21-36,38-39H2,1-2H3;17-19,22-23,26,30H,2-16,20-21,24-25,27-28H2,1H3,(H,33,36);24H,2-23H2,1H3/b19-17-,20-18-;;. The summed E-state index contributed by atoms with van der Waals surface area (Å²) >= 11 is 0. The number of amides is 3. The van der Waals surface area contributed by atoms with Gasteiger partial charge in [0.15, 0.2) is 6.10 Å². The second-order valence-electron chi connectivity index (χ2n) is 33.4. The fourth-order valence-electron chi connectivity index (χ4n) is 14.9. The van der Waals surface area contributed by atoms with E-state index in [1.54, 1.807) is 4.90 Å². The number of aldehydes is 3. The number of rotatable bonds is 82. The Balaban J connectivity index is 0.00000178. The predicted molar refractivity (Wildman–Crippen MR) is 485 cm³/mol. The topological polar surface area (TPSA) is 217 Å². The number of piperazine rings is 1. The summed E-state index contributed by atoms with van der Waals surface area (Å²) in [5, 5.41) is 3.05. The van der Waals surface area contributed by atoms with Gasteiger partial charge in [0.25, 0.3) is 0 Å². The zero-order chi connectivity index (χ0) is 85.3. The van der Waals surface area contributed by atoms with Gasteiger partial charge in [0.2, 0.25) is 17.7 Å². The van der Waals surface area contributed by atoms with Crippen molar-refractivity contribution in [3.8, 4) is 0 Å². The molecule has 0 spiro atoms. The lowest BCUT2D eigenvalue weighted by Gasteiger charge is -2.34. The van der Waals surface area contributed by atoms with Crippen LogP contribution in [0.4, 0.5) is 0 Å². The lowest BCUT2D eigenvalue weighted by atomic mass is 9.92. The van der Waals surface area contributed by atoms with Crippen LogP contribution >= 0.6 is 0 Å². The third-order valence-corrected chi connectivity index (χ3v) is 22.4. The van der Waals surface area contributed by atoms with E-state index in [-0.39, 0.29) is 99.5 Å². The Morgan fingerprint density at radius 2 is 0.632 bits per heavy atom. The first-order valence-electron chi connectivity index (χ1n) is 48.9. The molecule has 1 N–H and O–H groups in total. The first-order valence-corrected chi connectivity index (χ1v) is 48.9. The number of ketones is 1. The van der Waals surface area contributed by atoms with Crippen LogP contribution in [0.1, 0.15) is 463 Å². The van der Waals surface area contributed by atoms with Crippen LogP contribution in [0.25, 0.3) is 0 Å². The molecule has 117 heavy (non-hydrogen) atoms. The van der Waals surface area contributed by atoms with Gasteiger partial charge in [0.1, 0.15) is 37.9 Å². The van der Waals surface area contributed by atoms with Crippen LogP contribution in [0, 0.1) is 5.92 Å². The zero-order valence-electron chi connectivity index (χ0n) is 75.8. The number of allylic oxidation sites excluding steroid dienone is 4. The predicted octanol–water partition coefficient (Wildman–Crippen LogP) is 26.1. The molecular formula is C101H177N3O13. The van der Waals surface area contributed by atoms with Crippen molar-refractivity contribution in [3.63, 3.8) is 0 Å². The maximum atomic E-state index is 12.8. The minimum atomic E-state index is -0.884. The van der Waals surface area contributed by atoms with Gasteiger partial charge in [0.05, 0.1) is 6.42 Å². The highest BCUT2D eigenvalue weighted by Crippen LogP contribution is 2.21. The van der Waals surface area contributed by atoms with E-state index in [2.05, 4.69) is 57.3 Å². The Kier molecular flexibility index (Phi) is 85.0. The number of benzene rings is 1. The molecule has 1 aromatic carbocycles. The van der Waals surface area contributed by atoms with E-state index in [0.717, 1.165) is 108 Å². The molecule has 1 aliphatic heterocycles. The molecule has 1 aromatic rings. The molecule has 0 saturated carbocycles. The average Bonchev–Trinajstić information content (AvgIpc) is 0.874. The van der Waals surface area contributed by atoms with Gasteiger partial charge in [-0.05, 0) is 89.0 Å². The Hall–Kier alpha value is -5.80. The largest absolute Gasteiger partial charge is 0.462 e. The van der Waals surface area contributed by atoms with Crippen LogP contribution in [0.3, 0.4) is 0 Å². The molecule has 3 amide bonds. The highest BCUT2D eigenvalue weighted by Gasteiger charge is 2.25. The van der Waals surface area contributed by atoms with Gasteiger partial charge >= 0.3 is 17.9 Å². The Morgan fingerprint density at radius 3 is 0.983 bits per heavy atom. The monoisotopic (exact) mass is 1640 g/mol. The molecule has 0 radical (unpaired) electrons. The van der Waals surface area contributed by atoms with Crippen molar-refractivity contribution >= 4 is 60.3 Å². The molecule has 2 rings (SSSR count). The summed E-state index contributed by atoms with van der Waals surface area (Å²) in [6, 6.07) is 9.84. The van der Waals surface area contributed by atoms with E-state index in [1.165, 1.54) is 276 Å². The van der Waals surface area contributed by atoms with Crippen molar-refractivity contribution in [2.24, 2.45) is 5.92 Å². The van der Waals surface area contributed by atoms with Gasteiger partial charge in [0, 0.05) is 96.4 Å². The molecule has 1 fully saturated rings. The fourth-order valence-corrected chi connectivity index (χ4v) is 14.9. The summed E-state index contributed by atoms with van der Waals surface area (Å²) in [7, 11) is 0. The molecular weight excluding hydrogens is 1460 g/mol. The van der Waals surface area contributed by atoms with Crippen molar-refractivity contribution < 1.29 is 62.2 Å². The molecule has 1 atom stereocenters. The van der Waals surface area contributed by atoms with Gasteiger partial charge in [-0.2, -0.15) is 0 Å². The van der Waals surface area contributed by atoms with E-state index in [4.69, 9.17) is 14.2 Å². The molecule has 0 aromatic heterocycles. The SMILES string of the molecule is CCCCCCCC/C=C\CCCCCCCC(=O)OCC(COC(=O)CCCCCCC/C=C\CCCCCCCC)OC(=O)CCC=O.CCCCCCCCCCCCCCCCCC(=O)N1CCN(C(=O)CCC=O)CC1.CCCCCCCCCCCCCCCCCCNC(=O)C(CC(=O)CCC=O)Cc1ccccc1. The van der Waals surface area contributed by atoms with Gasteiger partial charge < -0.3 is 43.7 Å². The van der Waals surface area contributed by atoms with Crippen LogP contribution in [0.2, 0.25) is 0 Å². The smallest absolute Gasteiger partial charge is 0.306 e. The van der Waals surface area contributed by atoms with Gasteiger partial charge in [-0.15, -0.1) is 0 Å². The molecule has 1 heterocycles. The minimum absolute atomic E-state index is 0.0133. The van der Waals surface area contributed by atoms with Crippen LogP contribution < -0.4 is 5.32 Å². The fraction of sp³-hybridized carbons (Fsp3) is 0.802. The normalized spacial score (nSPS) is 12.3. The van der Waals surface area contributed by atoms with E-state index in [9.17, 15) is 47.9 Å². The van der Waals surface area contributed by atoms with E-state index in [1.807, 2.05) is 35.2 Å². The average molecular weight is 1640 g/mol. The number of unbranched alkanes of at least 4 members (excludes halogenated alkanes) is 51. The maximum absolute atomic E-state index is 12.8. The Labute approximate surface area is 716 Å². The number of carbonyl (C=O) groups is 10. The first kappa shape index (κ1) is 111. The van der Waals surface area contributed by atoms with Gasteiger partial charge in [-0.1, -0.05) is 371 Å². The van der Waals surface area contributed by atoms with Crippen molar-refractivity contribution in [2.45, 2.75) is 470 Å². The molecule has 1 aliphatic rings. The van der Waals surface area contributed by atoms with Crippen LogP contribution in [-0.4, -0.2) is 122 Å². The molecule has 1 saturated heterocycles. The highest BCUT2D eigenvalue weighted by molar-refractivity contribution is 5.88. The van der Waals surface area contributed by atoms with E-state index >= 15 is 0 Å². The van der Waals surface area contributed by atoms with Crippen LogP contribution in [0.5, 0.6) is 0 Å². The van der Waals surface area contributed by atoms with Crippen molar-refractivity contribution in [2.75, 3.05) is 45.9 Å². The quantitative estimate of drug-likeness (QED) is 0.0211. The number of hydrogen-bond acceptors (Lipinski definition) is 13.